The molecule has 0 spiro atoms. The molecule has 3 aromatic rings. The molecule has 4 nitrogen and oxygen atoms in total. The first kappa shape index (κ1) is 13.9. The first-order valence-corrected chi connectivity index (χ1v) is 7.39. The monoisotopic (exact) mass is 283 g/mol. The van der Waals surface area contributed by atoms with E-state index >= 15 is 0 Å². The van der Waals surface area contributed by atoms with Gasteiger partial charge in [0, 0.05) is 23.8 Å². The van der Waals surface area contributed by atoms with Crippen LogP contribution in [0.1, 0.15) is 29.5 Å². The Labute approximate surface area is 124 Å². The Morgan fingerprint density at radius 2 is 2.10 bits per heavy atom. The summed E-state index contributed by atoms with van der Waals surface area (Å²) in [6, 6.07) is 8.81. The minimum absolute atomic E-state index is 0.803. The summed E-state index contributed by atoms with van der Waals surface area (Å²) in [6.07, 6.45) is 2.13. The Kier molecular flexibility index (Phi) is 3.80. The van der Waals surface area contributed by atoms with Gasteiger partial charge in [0.15, 0.2) is 0 Å². The molecule has 1 N–H and O–H groups in total. The maximum absolute atomic E-state index is 5.25. The van der Waals surface area contributed by atoms with Crippen LogP contribution in [-0.2, 0) is 13.1 Å². The molecule has 0 bridgehead atoms. The first-order chi connectivity index (χ1) is 10.2. The maximum atomic E-state index is 5.25. The average Bonchev–Trinajstić information content (AvgIpc) is 3.03. The van der Waals surface area contributed by atoms with Crippen LogP contribution in [0.15, 0.2) is 35.0 Å². The van der Waals surface area contributed by atoms with Crippen LogP contribution in [-0.4, -0.2) is 16.3 Å². The summed E-state index contributed by atoms with van der Waals surface area (Å²) in [5, 5.41) is 8.66. The van der Waals surface area contributed by atoms with Gasteiger partial charge in [0.2, 0.25) is 0 Å². The normalized spacial score (nSPS) is 11.4. The molecule has 3 rings (SSSR count). The third kappa shape index (κ3) is 2.72. The molecule has 4 heteroatoms. The zero-order chi connectivity index (χ0) is 14.8. The highest BCUT2D eigenvalue weighted by Crippen LogP contribution is 2.21. The van der Waals surface area contributed by atoms with Gasteiger partial charge in [-0.2, -0.15) is 0 Å². The van der Waals surface area contributed by atoms with E-state index in [-0.39, 0.29) is 0 Å². The second-order valence-electron chi connectivity index (χ2n) is 5.42. The summed E-state index contributed by atoms with van der Waals surface area (Å²) in [4.78, 5) is 0. The lowest BCUT2D eigenvalue weighted by Gasteiger charge is -2.07. The predicted molar refractivity (Wildman–Crippen MR) is 84.4 cm³/mol. The van der Waals surface area contributed by atoms with Gasteiger partial charge in [0.25, 0.3) is 0 Å². The SMILES string of the molecule is CCNCc1ccc2c(ccn2Cc2c(C)noc2C)c1. The van der Waals surface area contributed by atoms with Crippen LogP contribution in [0.2, 0.25) is 0 Å². The van der Waals surface area contributed by atoms with Crippen molar-refractivity contribution in [3.05, 3.63) is 53.0 Å². The molecule has 2 heterocycles. The average molecular weight is 283 g/mol. The zero-order valence-electron chi connectivity index (χ0n) is 12.8. The Hall–Kier alpha value is -2.07. The van der Waals surface area contributed by atoms with Crippen LogP contribution in [0.3, 0.4) is 0 Å². The Morgan fingerprint density at radius 1 is 1.24 bits per heavy atom. The van der Waals surface area contributed by atoms with Gasteiger partial charge in [-0.05, 0) is 49.5 Å². The van der Waals surface area contributed by atoms with E-state index in [9.17, 15) is 0 Å². The number of aromatic nitrogens is 2. The number of hydrogen-bond donors (Lipinski definition) is 1. The second-order valence-corrected chi connectivity index (χ2v) is 5.42. The van der Waals surface area contributed by atoms with Crippen LogP contribution < -0.4 is 5.32 Å². The van der Waals surface area contributed by atoms with E-state index in [1.165, 1.54) is 22.0 Å². The van der Waals surface area contributed by atoms with Gasteiger partial charge in [-0.3, -0.25) is 0 Å². The van der Waals surface area contributed by atoms with Gasteiger partial charge in [0.1, 0.15) is 5.76 Å². The Bertz CT molecular complexity index is 735. The fourth-order valence-corrected chi connectivity index (χ4v) is 2.66. The maximum Gasteiger partial charge on any atom is 0.138 e. The van der Waals surface area contributed by atoms with E-state index in [2.05, 4.69) is 52.4 Å². The standard InChI is InChI=1S/C17H21N3O/c1-4-18-10-14-5-6-17-15(9-14)7-8-20(17)11-16-12(2)19-21-13(16)3/h5-9,18H,4,10-11H2,1-3H3. The van der Waals surface area contributed by atoms with E-state index < -0.39 is 0 Å². The molecular formula is C17H21N3O. The van der Waals surface area contributed by atoms with Crippen molar-refractivity contribution < 1.29 is 4.52 Å². The largest absolute Gasteiger partial charge is 0.361 e. The number of fused-ring (bicyclic) bond motifs is 1. The van der Waals surface area contributed by atoms with Gasteiger partial charge in [-0.15, -0.1) is 0 Å². The number of rotatable bonds is 5. The van der Waals surface area contributed by atoms with Crippen LogP contribution in [0.4, 0.5) is 0 Å². The molecule has 2 aromatic heterocycles. The van der Waals surface area contributed by atoms with E-state index in [0.29, 0.717) is 0 Å². The smallest absolute Gasteiger partial charge is 0.138 e. The number of hydrogen-bond acceptors (Lipinski definition) is 3. The molecule has 0 saturated carbocycles. The third-order valence-electron chi connectivity index (χ3n) is 3.92. The minimum Gasteiger partial charge on any atom is -0.361 e. The molecule has 21 heavy (non-hydrogen) atoms. The fraction of sp³-hybridized carbons (Fsp3) is 0.353. The molecule has 0 unspecified atom stereocenters. The number of nitrogens with one attached hydrogen (secondary N) is 1. The quantitative estimate of drug-likeness (QED) is 0.780. The lowest BCUT2D eigenvalue weighted by atomic mass is 10.1. The number of nitrogens with zero attached hydrogens (tertiary/aromatic N) is 2. The van der Waals surface area contributed by atoms with E-state index in [1.54, 1.807) is 0 Å². The van der Waals surface area contributed by atoms with Crippen molar-refractivity contribution >= 4 is 10.9 Å². The molecule has 0 atom stereocenters. The summed E-state index contributed by atoms with van der Waals surface area (Å²) >= 11 is 0. The molecule has 0 aliphatic rings. The van der Waals surface area contributed by atoms with Crippen molar-refractivity contribution in [3.63, 3.8) is 0 Å². The van der Waals surface area contributed by atoms with Gasteiger partial charge < -0.3 is 14.4 Å². The van der Waals surface area contributed by atoms with Crippen LogP contribution in [0, 0.1) is 13.8 Å². The van der Waals surface area contributed by atoms with E-state index in [0.717, 1.165) is 31.1 Å². The van der Waals surface area contributed by atoms with Crippen molar-refractivity contribution in [1.82, 2.24) is 15.0 Å². The number of aryl methyl sites for hydroxylation is 2. The molecule has 0 aliphatic heterocycles. The van der Waals surface area contributed by atoms with Crippen molar-refractivity contribution in [1.29, 1.82) is 0 Å². The van der Waals surface area contributed by atoms with Crippen LogP contribution in [0.5, 0.6) is 0 Å². The van der Waals surface area contributed by atoms with Crippen LogP contribution >= 0.6 is 0 Å². The summed E-state index contributed by atoms with van der Waals surface area (Å²) < 4.78 is 7.50. The van der Waals surface area contributed by atoms with Gasteiger partial charge in [-0.25, -0.2) is 0 Å². The summed E-state index contributed by atoms with van der Waals surface area (Å²) in [6.45, 7) is 8.80. The highest BCUT2D eigenvalue weighted by atomic mass is 16.5. The first-order valence-electron chi connectivity index (χ1n) is 7.39. The highest BCUT2D eigenvalue weighted by Gasteiger charge is 2.11. The minimum atomic E-state index is 0.803. The Morgan fingerprint density at radius 3 is 2.81 bits per heavy atom. The van der Waals surface area contributed by atoms with Gasteiger partial charge in [0.05, 0.1) is 12.2 Å². The lowest BCUT2D eigenvalue weighted by Crippen LogP contribution is -2.11. The zero-order valence-corrected chi connectivity index (χ0v) is 12.8. The van der Waals surface area contributed by atoms with Crippen molar-refractivity contribution in [2.45, 2.75) is 33.9 Å². The fourth-order valence-electron chi connectivity index (χ4n) is 2.66. The predicted octanol–water partition coefficient (Wildman–Crippen LogP) is 3.40. The summed E-state index contributed by atoms with van der Waals surface area (Å²) in [5.41, 5.74) is 4.71. The second kappa shape index (κ2) is 5.74. The molecular weight excluding hydrogens is 262 g/mol. The lowest BCUT2D eigenvalue weighted by molar-refractivity contribution is 0.392. The molecule has 0 amide bonds. The van der Waals surface area contributed by atoms with E-state index in [1.807, 2.05) is 13.8 Å². The molecule has 0 radical (unpaired) electrons. The van der Waals surface area contributed by atoms with Gasteiger partial charge >= 0.3 is 0 Å². The van der Waals surface area contributed by atoms with Crippen molar-refractivity contribution in [3.8, 4) is 0 Å². The third-order valence-corrected chi connectivity index (χ3v) is 3.92. The molecule has 0 aliphatic carbocycles. The molecule has 0 fully saturated rings. The van der Waals surface area contributed by atoms with Crippen molar-refractivity contribution in [2.24, 2.45) is 0 Å². The summed E-state index contributed by atoms with van der Waals surface area (Å²) in [7, 11) is 0. The highest BCUT2D eigenvalue weighted by molar-refractivity contribution is 5.81. The molecule has 0 saturated heterocycles. The van der Waals surface area contributed by atoms with E-state index in [4.69, 9.17) is 4.52 Å². The Balaban J connectivity index is 1.90. The van der Waals surface area contributed by atoms with Crippen molar-refractivity contribution in [2.75, 3.05) is 6.54 Å². The van der Waals surface area contributed by atoms with Gasteiger partial charge in [-0.1, -0.05) is 18.1 Å². The van der Waals surface area contributed by atoms with Crippen LogP contribution in [0.25, 0.3) is 10.9 Å². The summed E-state index contributed by atoms with van der Waals surface area (Å²) in [5.74, 6) is 0.901. The topological polar surface area (TPSA) is 43.0 Å². The number of benzene rings is 1. The molecule has 110 valence electrons. The molecule has 1 aromatic carbocycles.